The van der Waals surface area contributed by atoms with Crippen LogP contribution < -0.4 is 5.73 Å². The molecule has 0 amide bonds. The molecular weight excluding hydrogens is 449 g/mol. The lowest BCUT2D eigenvalue weighted by Gasteiger charge is -2.10. The molecule has 0 unspecified atom stereocenters. The van der Waals surface area contributed by atoms with E-state index >= 15 is 0 Å². The molecule has 0 radical (unpaired) electrons. The van der Waals surface area contributed by atoms with Crippen molar-refractivity contribution in [3.8, 4) is 0 Å². The maximum atomic E-state index is 13.0. The van der Waals surface area contributed by atoms with E-state index in [1.807, 2.05) is 0 Å². The van der Waals surface area contributed by atoms with Gasteiger partial charge in [0.2, 0.25) is 0 Å². The van der Waals surface area contributed by atoms with Crippen LogP contribution in [0, 0.1) is 0 Å². The van der Waals surface area contributed by atoms with Gasteiger partial charge in [-0.05, 0) is 42.5 Å². The van der Waals surface area contributed by atoms with Crippen LogP contribution in [-0.4, -0.2) is 36.0 Å². The number of rotatable bonds is 9. The summed E-state index contributed by atoms with van der Waals surface area (Å²) in [6, 6.07) is 12.4. The van der Waals surface area contributed by atoms with Crippen LogP contribution in [0.5, 0.6) is 0 Å². The summed E-state index contributed by atoms with van der Waals surface area (Å²) in [6.07, 6.45) is -2.92. The summed E-state index contributed by atoms with van der Waals surface area (Å²) in [5.74, 6) is 1.20. The minimum absolute atomic E-state index is 0.0428. The van der Waals surface area contributed by atoms with Gasteiger partial charge in [0.25, 0.3) is 0 Å². The molecule has 0 bridgehead atoms. The molecule has 31 heavy (non-hydrogen) atoms. The van der Waals surface area contributed by atoms with Crippen molar-refractivity contribution < 1.29 is 22.7 Å². The molecule has 2 N–H and O–H groups in total. The van der Waals surface area contributed by atoms with Crippen molar-refractivity contribution in [2.24, 2.45) is 10.7 Å². The van der Waals surface area contributed by atoms with Crippen molar-refractivity contribution in [2.75, 3.05) is 18.1 Å². The molecule has 0 saturated carbocycles. The number of alkyl halides is 3. The van der Waals surface area contributed by atoms with Crippen LogP contribution in [0.1, 0.15) is 29.3 Å². The summed E-state index contributed by atoms with van der Waals surface area (Å²) in [6.45, 7) is 2.36. The monoisotopic (exact) mass is 470 g/mol. The highest BCUT2D eigenvalue weighted by atomic mass is 35.5. The Labute approximate surface area is 188 Å². The number of benzene rings is 2. The van der Waals surface area contributed by atoms with Gasteiger partial charge in [0.15, 0.2) is 0 Å². The largest absolute Gasteiger partial charge is 0.461 e. The Bertz CT molecular complexity index is 945. The first kappa shape index (κ1) is 24.8. The normalized spacial score (nSPS) is 12.7. The van der Waals surface area contributed by atoms with Gasteiger partial charge in [-0.3, -0.25) is 0 Å². The molecule has 0 aromatic heterocycles. The fourth-order valence-electron chi connectivity index (χ4n) is 2.38. The molecule has 4 nitrogen and oxygen atoms in total. The molecule has 0 fully saturated rings. The number of hydrogen-bond donors (Lipinski definition) is 1. The van der Waals surface area contributed by atoms with Gasteiger partial charge in [-0.25, -0.2) is 9.79 Å². The molecule has 2 rings (SSSR count). The second-order valence-electron chi connectivity index (χ2n) is 6.37. The lowest BCUT2D eigenvalue weighted by atomic mass is 10.1. The van der Waals surface area contributed by atoms with E-state index in [0.29, 0.717) is 17.0 Å². The van der Waals surface area contributed by atoms with Gasteiger partial charge >= 0.3 is 12.1 Å². The van der Waals surface area contributed by atoms with Crippen LogP contribution in [0.4, 0.5) is 18.9 Å². The minimum atomic E-state index is -4.71. The molecule has 166 valence electrons. The van der Waals surface area contributed by atoms with E-state index in [2.05, 4.69) is 11.9 Å². The van der Waals surface area contributed by atoms with Crippen molar-refractivity contribution >= 4 is 40.7 Å². The summed E-state index contributed by atoms with van der Waals surface area (Å²) in [7, 11) is 0. The highest BCUT2D eigenvalue weighted by Crippen LogP contribution is 2.27. The van der Waals surface area contributed by atoms with Crippen molar-refractivity contribution in [3.05, 3.63) is 76.5 Å². The third-order valence-electron chi connectivity index (χ3n) is 3.94. The molecule has 0 aliphatic rings. The van der Waals surface area contributed by atoms with Gasteiger partial charge in [0, 0.05) is 11.3 Å². The predicted molar refractivity (Wildman–Crippen MR) is 120 cm³/mol. The number of esters is 1. The fraction of sp³-hybridized carbons (Fsp3) is 0.273. The van der Waals surface area contributed by atoms with Gasteiger partial charge in [-0.1, -0.05) is 42.8 Å². The first-order valence-electron chi connectivity index (χ1n) is 9.45. The zero-order valence-electron chi connectivity index (χ0n) is 16.8. The third-order valence-corrected chi connectivity index (χ3v) is 5.41. The molecule has 0 spiro atoms. The maximum absolute atomic E-state index is 13.0. The van der Waals surface area contributed by atoms with E-state index in [0.717, 1.165) is 18.2 Å². The van der Waals surface area contributed by atoms with Crippen LogP contribution in [-0.2, 0) is 4.74 Å². The average Bonchev–Trinajstić information content (AvgIpc) is 2.74. The topological polar surface area (TPSA) is 64.7 Å². The molecule has 0 aliphatic carbocycles. The smallest absolute Gasteiger partial charge is 0.430 e. The number of nitrogens with two attached hydrogens (primary N) is 1. The van der Waals surface area contributed by atoms with E-state index in [4.69, 9.17) is 22.1 Å². The van der Waals surface area contributed by atoms with Gasteiger partial charge in [0.1, 0.15) is 12.3 Å². The molecular formula is C22H22ClF3N2O2S. The summed E-state index contributed by atoms with van der Waals surface area (Å²) >= 11 is 7.78. The number of halogens is 4. The van der Waals surface area contributed by atoms with E-state index in [1.54, 1.807) is 36.0 Å². The minimum Gasteiger partial charge on any atom is -0.461 e. The first-order chi connectivity index (χ1) is 14.7. The van der Waals surface area contributed by atoms with E-state index in [1.165, 1.54) is 24.3 Å². The Kier molecular flexibility index (Phi) is 9.45. The highest BCUT2D eigenvalue weighted by molar-refractivity contribution is 7.99. The van der Waals surface area contributed by atoms with Crippen LogP contribution in [0.15, 0.2) is 65.3 Å². The van der Waals surface area contributed by atoms with Crippen molar-refractivity contribution in [1.82, 2.24) is 0 Å². The Morgan fingerprint density at radius 3 is 2.39 bits per heavy atom. The Morgan fingerprint density at radius 2 is 1.77 bits per heavy atom. The number of hydrogen-bond acceptors (Lipinski definition) is 5. The molecule has 0 heterocycles. The Balaban J connectivity index is 2.27. The average molecular weight is 471 g/mol. The lowest BCUT2D eigenvalue weighted by Crippen LogP contribution is -2.21. The quantitative estimate of drug-likeness (QED) is 0.270. The summed E-state index contributed by atoms with van der Waals surface area (Å²) < 4.78 is 44.1. The number of ether oxygens (including phenoxy) is 1. The second kappa shape index (κ2) is 11.8. The zero-order valence-corrected chi connectivity index (χ0v) is 18.4. The molecule has 9 heteroatoms. The van der Waals surface area contributed by atoms with Gasteiger partial charge in [-0.2, -0.15) is 24.9 Å². The summed E-state index contributed by atoms with van der Waals surface area (Å²) in [4.78, 5) is 16.4. The number of thioether (sulfide) groups is 1. The standard InChI is InChI=1S/C22H22ClF3N2O2S/c1-2-12-31-13-11-30-21(29)16-9-7-15(8-10-16)19(14-20(27)22(24,25)26)28-18-6-4-3-5-17(18)23/h3-10,14H,2,11-13,27H2,1H3/b20-14-,28-19?. The molecule has 0 saturated heterocycles. The fourth-order valence-corrected chi connectivity index (χ4v) is 3.25. The number of carbonyl (C=O) groups excluding carboxylic acids is 1. The lowest BCUT2D eigenvalue weighted by molar-refractivity contribution is -0.0925. The van der Waals surface area contributed by atoms with Crippen molar-refractivity contribution in [2.45, 2.75) is 19.5 Å². The van der Waals surface area contributed by atoms with E-state index in [-0.39, 0.29) is 22.9 Å². The summed E-state index contributed by atoms with van der Waals surface area (Å²) in [5, 5.41) is 0.278. The first-order valence-corrected chi connectivity index (χ1v) is 11.0. The Hall–Kier alpha value is -2.45. The number of nitrogens with zero attached hydrogens (tertiary/aromatic N) is 1. The Morgan fingerprint density at radius 1 is 1.13 bits per heavy atom. The second-order valence-corrected chi connectivity index (χ2v) is 8.00. The number of carbonyl (C=O) groups is 1. The molecule has 0 aliphatic heterocycles. The molecule has 2 aromatic rings. The number of aliphatic imine (C=N–C) groups is 1. The molecule has 0 atom stereocenters. The predicted octanol–water partition coefficient (Wildman–Crippen LogP) is 6.17. The maximum Gasteiger partial charge on any atom is 0.430 e. The van der Waals surface area contributed by atoms with Crippen LogP contribution in [0.25, 0.3) is 0 Å². The van der Waals surface area contributed by atoms with Gasteiger partial charge < -0.3 is 10.5 Å². The third kappa shape index (κ3) is 7.95. The SMILES string of the molecule is CCCSCCOC(=O)c1ccc(C(/C=C(\N)C(F)(F)F)=Nc2ccccc2Cl)cc1. The highest BCUT2D eigenvalue weighted by Gasteiger charge is 2.31. The van der Waals surface area contributed by atoms with Crippen molar-refractivity contribution in [3.63, 3.8) is 0 Å². The van der Waals surface area contributed by atoms with Crippen LogP contribution >= 0.6 is 23.4 Å². The van der Waals surface area contributed by atoms with Gasteiger partial charge in [-0.15, -0.1) is 0 Å². The van der Waals surface area contributed by atoms with Gasteiger partial charge in [0.05, 0.1) is 22.0 Å². The van der Waals surface area contributed by atoms with Crippen LogP contribution in [0.3, 0.4) is 0 Å². The number of allylic oxidation sites excluding steroid dienone is 2. The molecule has 2 aromatic carbocycles. The number of para-hydroxylation sites is 1. The zero-order chi connectivity index (χ0) is 22.9. The summed E-state index contributed by atoms with van der Waals surface area (Å²) in [5.41, 5.74) is 4.76. The van der Waals surface area contributed by atoms with Crippen LogP contribution in [0.2, 0.25) is 5.02 Å². The van der Waals surface area contributed by atoms with Crippen molar-refractivity contribution in [1.29, 1.82) is 0 Å². The van der Waals surface area contributed by atoms with E-state index < -0.39 is 17.8 Å². The van der Waals surface area contributed by atoms with E-state index in [9.17, 15) is 18.0 Å².